The predicted molar refractivity (Wildman–Crippen MR) is 210 cm³/mol. The lowest BCUT2D eigenvalue weighted by Gasteiger charge is -2.43. The van der Waals surface area contributed by atoms with Crippen molar-refractivity contribution in [3.8, 4) is 11.4 Å². The number of carbonyl (C=O) groups is 3. The molecule has 5 aliphatic rings. The fourth-order valence-electron chi connectivity index (χ4n) is 8.71. The summed E-state index contributed by atoms with van der Waals surface area (Å²) in [4.78, 5) is 56.4. The fraction of sp³-hybridized carbons (Fsp3) is 0.381. The van der Waals surface area contributed by atoms with Gasteiger partial charge in [-0.2, -0.15) is 0 Å². The van der Waals surface area contributed by atoms with Crippen LogP contribution >= 0.6 is 0 Å². The van der Waals surface area contributed by atoms with Crippen LogP contribution in [0.25, 0.3) is 17.5 Å². The first-order valence-corrected chi connectivity index (χ1v) is 19.7. The third-order valence-corrected chi connectivity index (χ3v) is 11.8. The van der Waals surface area contributed by atoms with Crippen molar-refractivity contribution in [3.63, 3.8) is 0 Å². The van der Waals surface area contributed by atoms with Crippen molar-refractivity contribution in [1.29, 1.82) is 0 Å². The first-order chi connectivity index (χ1) is 27.7. The minimum absolute atomic E-state index is 0.0425. The van der Waals surface area contributed by atoms with Crippen molar-refractivity contribution in [2.24, 2.45) is 5.73 Å². The average molecular weight is 775 g/mol. The van der Waals surface area contributed by atoms with E-state index in [0.717, 1.165) is 78.7 Å². The Kier molecular flexibility index (Phi) is 9.78. The summed E-state index contributed by atoms with van der Waals surface area (Å²) in [5.74, 6) is 0.728. The summed E-state index contributed by atoms with van der Waals surface area (Å²) in [5, 5.41) is 12.8. The smallest absolute Gasteiger partial charge is 0.268 e. The largest absolute Gasteiger partial charge is 0.372 e. The van der Waals surface area contributed by atoms with Crippen molar-refractivity contribution in [3.05, 3.63) is 101 Å². The van der Waals surface area contributed by atoms with Gasteiger partial charge in [-0.1, -0.05) is 18.2 Å². The average Bonchev–Trinajstić information content (AvgIpc) is 3.95. The minimum atomic E-state index is -1.28. The number of aromatic nitrogens is 3. The Bertz CT molecular complexity index is 2280. The molecule has 2 aromatic carbocycles. The number of halogens is 1. The zero-order valence-corrected chi connectivity index (χ0v) is 31.4. The van der Waals surface area contributed by atoms with Gasteiger partial charge in [0.05, 0.1) is 53.5 Å². The van der Waals surface area contributed by atoms with Gasteiger partial charge in [-0.15, -0.1) is 0 Å². The van der Waals surface area contributed by atoms with E-state index in [-0.39, 0.29) is 42.8 Å². The van der Waals surface area contributed by atoms with Crippen molar-refractivity contribution >= 4 is 41.1 Å². The molecule has 15 heteroatoms. The molecule has 4 aromatic rings. The third kappa shape index (κ3) is 7.28. The number of hydrogen-bond donors (Lipinski definition) is 4. The molecule has 0 saturated carbocycles. The first-order valence-electron chi connectivity index (χ1n) is 19.7. The van der Waals surface area contributed by atoms with E-state index in [1.54, 1.807) is 30.5 Å². The van der Waals surface area contributed by atoms with Crippen molar-refractivity contribution in [1.82, 2.24) is 25.2 Å². The van der Waals surface area contributed by atoms with Crippen LogP contribution in [0.15, 0.2) is 72.9 Å². The van der Waals surface area contributed by atoms with Gasteiger partial charge in [-0.3, -0.25) is 29.6 Å². The van der Waals surface area contributed by atoms with Gasteiger partial charge in [0, 0.05) is 44.4 Å². The number of pyridine rings is 1. The highest BCUT2D eigenvalue weighted by Crippen LogP contribution is 2.34. The van der Waals surface area contributed by atoms with Gasteiger partial charge < -0.3 is 29.9 Å². The number of piperidine rings is 2. The number of amidine groups is 1. The van der Waals surface area contributed by atoms with Crippen LogP contribution in [0.2, 0.25) is 0 Å². The number of fused-ring (bicyclic) bond motifs is 1. The molecule has 9 rings (SSSR count). The molecule has 2 unspecified atom stereocenters. The van der Waals surface area contributed by atoms with Crippen LogP contribution in [0.4, 0.5) is 15.9 Å². The number of benzene rings is 2. The van der Waals surface area contributed by atoms with Crippen LogP contribution in [0, 0.1) is 5.82 Å². The Morgan fingerprint density at radius 3 is 2.56 bits per heavy atom. The van der Waals surface area contributed by atoms with Crippen LogP contribution in [0.5, 0.6) is 0 Å². The number of aliphatic hydroxyl groups is 1. The van der Waals surface area contributed by atoms with Gasteiger partial charge >= 0.3 is 0 Å². The molecule has 294 valence electrons. The maximum absolute atomic E-state index is 13.9. The Hall–Kier alpha value is -5.93. The zero-order chi connectivity index (χ0) is 39.2. The van der Waals surface area contributed by atoms with Crippen LogP contribution in [-0.4, -0.2) is 110 Å². The molecule has 3 atom stereocenters. The molecular formula is C42H45FN9O5+. The van der Waals surface area contributed by atoms with Gasteiger partial charge in [-0.25, -0.2) is 14.4 Å². The van der Waals surface area contributed by atoms with Gasteiger partial charge in [-0.05, 0) is 86.2 Å². The van der Waals surface area contributed by atoms with Crippen LogP contribution < -0.4 is 20.9 Å². The maximum atomic E-state index is 13.9. The highest BCUT2D eigenvalue weighted by atomic mass is 19.1. The van der Waals surface area contributed by atoms with Crippen LogP contribution in [0.1, 0.15) is 76.7 Å². The van der Waals surface area contributed by atoms with E-state index >= 15 is 0 Å². The number of H-pyrrole nitrogens is 1. The lowest BCUT2D eigenvalue weighted by molar-refractivity contribution is -0.550. The van der Waals surface area contributed by atoms with Gasteiger partial charge in [0.25, 0.3) is 17.6 Å². The number of nitrogens with zero attached hydrogens (tertiary/aromatic N) is 6. The normalized spacial score (nSPS) is 24.0. The lowest BCUT2D eigenvalue weighted by atomic mass is 10.0. The minimum Gasteiger partial charge on any atom is -0.372 e. The maximum Gasteiger partial charge on any atom is 0.268 e. The Morgan fingerprint density at radius 2 is 1.75 bits per heavy atom. The van der Waals surface area contributed by atoms with Gasteiger partial charge in [0.15, 0.2) is 0 Å². The Labute approximate surface area is 328 Å². The second kappa shape index (κ2) is 15.2. The van der Waals surface area contributed by atoms with Crippen LogP contribution in [-0.2, 0) is 9.53 Å². The second-order valence-electron chi connectivity index (χ2n) is 15.4. The predicted octanol–water partition coefficient (Wildman–Crippen LogP) is 3.60. The standard InChI is InChI=1S/C42H44FN9O5/c43-26-5-1-4-25(20-26)34-7-3-17-51(34)36(44)12-13-37-45-22-33(46-37)32-6-2-8-38(47-32)49-18-15-28(16-19-49)57-29-23-50(24-29)27-9-10-30-31(21-27)42(56)52(41(30)55)35-11-14-39(53)48-40(35)54/h1-2,4-6,8-10,12-13,20-22,28-29,34-35,40,54H,3,7,11,14-19,23-24H2,(H3,44,45,46,47,48,53)/p+1/t34-,35?,40?/m1/s1. The summed E-state index contributed by atoms with van der Waals surface area (Å²) in [7, 11) is 0. The summed E-state index contributed by atoms with van der Waals surface area (Å²) < 4.78 is 22.5. The Balaban J connectivity index is 0.764. The molecular weight excluding hydrogens is 730 g/mol. The number of aliphatic hydroxyl groups excluding tert-OH is 1. The summed E-state index contributed by atoms with van der Waals surface area (Å²) >= 11 is 0. The van der Waals surface area contributed by atoms with Crippen molar-refractivity contribution < 1.29 is 33.2 Å². The number of aromatic amines is 1. The number of nitrogens with two attached hydrogens (primary N) is 1. The van der Waals surface area contributed by atoms with E-state index in [4.69, 9.17) is 15.5 Å². The molecule has 4 saturated heterocycles. The highest BCUT2D eigenvalue weighted by Gasteiger charge is 2.45. The number of carbonyl (C=O) groups excluding carboxylic acids is 3. The van der Waals surface area contributed by atoms with E-state index in [2.05, 4.69) is 29.7 Å². The molecule has 0 spiro atoms. The molecule has 2 aromatic heterocycles. The molecule has 5 N–H and O–H groups in total. The number of nitrogens with one attached hydrogen (secondary N) is 2. The number of ether oxygens (including phenoxy) is 1. The number of rotatable bonds is 9. The topological polar surface area (TPSA) is 173 Å². The quantitative estimate of drug-likeness (QED) is 0.112. The first kappa shape index (κ1) is 36.7. The Morgan fingerprint density at radius 1 is 0.947 bits per heavy atom. The molecule has 7 heterocycles. The molecule has 5 aliphatic heterocycles. The van der Waals surface area contributed by atoms with Crippen molar-refractivity contribution in [2.45, 2.75) is 69.0 Å². The molecule has 4 fully saturated rings. The number of imidazole rings is 1. The van der Waals surface area contributed by atoms with E-state index in [1.165, 1.54) is 6.07 Å². The number of imide groups is 1. The second-order valence-corrected chi connectivity index (χ2v) is 15.4. The number of anilines is 2. The monoisotopic (exact) mass is 774 g/mol. The summed E-state index contributed by atoms with van der Waals surface area (Å²) in [5.41, 5.74) is 10.5. The van der Waals surface area contributed by atoms with E-state index in [1.807, 2.05) is 42.5 Å². The van der Waals surface area contributed by atoms with Gasteiger partial charge in [0.2, 0.25) is 5.91 Å². The molecule has 14 nitrogen and oxygen atoms in total. The summed E-state index contributed by atoms with van der Waals surface area (Å²) in [6.45, 7) is 3.80. The number of amides is 3. The van der Waals surface area contributed by atoms with Crippen molar-refractivity contribution in [2.75, 3.05) is 42.5 Å². The summed E-state index contributed by atoms with van der Waals surface area (Å²) in [6.07, 6.45) is 8.39. The zero-order valence-electron chi connectivity index (χ0n) is 31.4. The molecule has 0 bridgehead atoms. The van der Waals surface area contributed by atoms with Crippen LogP contribution in [0.3, 0.4) is 0 Å². The third-order valence-electron chi connectivity index (χ3n) is 11.8. The highest BCUT2D eigenvalue weighted by molar-refractivity contribution is 6.22. The molecule has 3 amide bonds. The molecule has 0 aliphatic carbocycles. The fourth-order valence-corrected chi connectivity index (χ4v) is 8.71. The molecule has 57 heavy (non-hydrogen) atoms. The SMILES string of the molecule is NC(/C=C\c1ncc(-c2cccc(N3CCC(OC4CN(c5ccc6c(c5)C(=O)N(C5CCC(=O)NC5O)C6=O)C4)CC3)n2)[nH]1)=[N+]1CCC[C@@H]1c1cccc(F)c1. The van der Waals surface area contributed by atoms with E-state index in [9.17, 15) is 23.9 Å². The molecule has 0 radical (unpaired) electrons. The van der Waals surface area contributed by atoms with Gasteiger partial charge in [0.1, 0.15) is 29.7 Å². The lowest BCUT2D eigenvalue weighted by Crippen LogP contribution is -2.57. The van der Waals surface area contributed by atoms with E-state index < -0.39 is 24.1 Å². The summed E-state index contributed by atoms with van der Waals surface area (Å²) in [6, 6.07) is 17.2. The number of hydrogen-bond acceptors (Lipinski definition) is 9. The van der Waals surface area contributed by atoms with E-state index in [0.29, 0.717) is 35.9 Å².